The molecule has 0 heterocycles. The lowest BCUT2D eigenvalue weighted by atomic mass is 9.90. The first-order valence-corrected chi connectivity index (χ1v) is 11.0. The van der Waals surface area contributed by atoms with Crippen molar-refractivity contribution in [1.82, 2.24) is 4.90 Å². The normalized spacial score (nSPS) is 14.1. The fourth-order valence-corrected chi connectivity index (χ4v) is 3.95. The average molecular weight is 425 g/mol. The first-order chi connectivity index (χ1) is 14.9. The number of hydrogen-bond acceptors (Lipinski definition) is 3. The quantitative estimate of drug-likeness (QED) is 0.593. The van der Waals surface area contributed by atoms with Crippen LogP contribution in [0.1, 0.15) is 44.1 Å². The molecule has 1 aliphatic carbocycles. The maximum atomic E-state index is 12.5. The molecule has 1 fully saturated rings. The number of carboxylic acid groups (broad SMARTS) is 1. The zero-order valence-electron chi connectivity index (χ0n) is 18.4. The Kier molecular flexibility index (Phi) is 7.93. The summed E-state index contributed by atoms with van der Waals surface area (Å²) in [4.78, 5) is 25.1. The molecular formula is C25H32N2O4. The molecule has 3 rings (SSSR count). The number of anilines is 1. The Morgan fingerprint density at radius 2 is 1.81 bits per heavy atom. The van der Waals surface area contributed by atoms with Crippen LogP contribution in [0.4, 0.5) is 10.5 Å². The van der Waals surface area contributed by atoms with Gasteiger partial charge in [0.15, 0.2) is 5.75 Å². The van der Waals surface area contributed by atoms with Crippen LogP contribution < -0.4 is 10.1 Å². The van der Waals surface area contributed by atoms with Crippen LogP contribution in [0.25, 0.3) is 11.1 Å². The summed E-state index contributed by atoms with van der Waals surface area (Å²) in [5.41, 5.74) is 3.27. The topological polar surface area (TPSA) is 78.9 Å². The number of carbonyl (C=O) groups is 2. The number of urea groups is 1. The number of rotatable bonds is 8. The molecule has 2 N–H and O–H groups in total. The van der Waals surface area contributed by atoms with E-state index in [0.29, 0.717) is 30.4 Å². The third-order valence-corrected chi connectivity index (χ3v) is 5.70. The molecule has 0 bridgehead atoms. The van der Waals surface area contributed by atoms with Gasteiger partial charge in [-0.15, -0.1) is 0 Å². The summed E-state index contributed by atoms with van der Waals surface area (Å²) in [6.45, 7) is 0.610. The molecule has 0 unspecified atom stereocenters. The highest BCUT2D eigenvalue weighted by molar-refractivity contribution is 5.93. The monoisotopic (exact) mass is 424 g/mol. The number of amides is 2. The number of benzene rings is 2. The molecule has 2 aromatic carbocycles. The van der Waals surface area contributed by atoms with Crippen LogP contribution in [0.3, 0.4) is 0 Å². The second-order valence-corrected chi connectivity index (χ2v) is 8.42. The third kappa shape index (κ3) is 6.48. The maximum Gasteiger partial charge on any atom is 0.321 e. The van der Waals surface area contributed by atoms with E-state index < -0.39 is 5.97 Å². The zero-order valence-corrected chi connectivity index (χ0v) is 18.4. The Morgan fingerprint density at radius 3 is 2.45 bits per heavy atom. The van der Waals surface area contributed by atoms with E-state index in [4.69, 9.17) is 9.84 Å². The van der Waals surface area contributed by atoms with E-state index in [2.05, 4.69) is 5.32 Å². The van der Waals surface area contributed by atoms with Crippen molar-refractivity contribution in [2.24, 2.45) is 5.92 Å². The summed E-state index contributed by atoms with van der Waals surface area (Å²) in [7, 11) is 3.37. The van der Waals surface area contributed by atoms with E-state index in [1.165, 1.54) is 24.2 Å². The number of aryl methyl sites for hydroxylation is 1. The van der Waals surface area contributed by atoms with Crippen molar-refractivity contribution < 1.29 is 19.4 Å². The van der Waals surface area contributed by atoms with Gasteiger partial charge in [-0.1, -0.05) is 49.6 Å². The van der Waals surface area contributed by atoms with Gasteiger partial charge in [0.05, 0.1) is 12.3 Å². The molecule has 31 heavy (non-hydrogen) atoms. The van der Waals surface area contributed by atoms with Gasteiger partial charge in [-0.05, 0) is 48.4 Å². The van der Waals surface area contributed by atoms with Crippen molar-refractivity contribution in [2.75, 3.05) is 26.0 Å². The minimum atomic E-state index is -0.849. The van der Waals surface area contributed by atoms with Crippen LogP contribution in [0.15, 0.2) is 42.5 Å². The van der Waals surface area contributed by atoms with E-state index in [9.17, 15) is 9.59 Å². The first-order valence-electron chi connectivity index (χ1n) is 11.0. The number of carboxylic acids is 1. The minimum Gasteiger partial charge on any atom is -0.490 e. The summed E-state index contributed by atoms with van der Waals surface area (Å²) in [6.07, 6.45) is 6.48. The second-order valence-electron chi connectivity index (χ2n) is 8.42. The molecule has 0 aliphatic heterocycles. The molecule has 0 saturated heterocycles. The van der Waals surface area contributed by atoms with Crippen molar-refractivity contribution in [1.29, 1.82) is 0 Å². The van der Waals surface area contributed by atoms with Gasteiger partial charge >= 0.3 is 12.0 Å². The summed E-state index contributed by atoms with van der Waals surface area (Å²) >= 11 is 0. The number of nitrogens with zero attached hydrogens (tertiary/aromatic N) is 1. The van der Waals surface area contributed by atoms with E-state index in [0.717, 1.165) is 29.5 Å². The molecule has 2 amide bonds. The van der Waals surface area contributed by atoms with Crippen molar-refractivity contribution in [3.63, 3.8) is 0 Å². The van der Waals surface area contributed by atoms with Gasteiger partial charge in [0.1, 0.15) is 0 Å². The fraction of sp³-hybridized carbons (Fsp3) is 0.440. The van der Waals surface area contributed by atoms with Gasteiger partial charge in [-0.2, -0.15) is 0 Å². The lowest BCUT2D eigenvalue weighted by Crippen LogP contribution is -2.28. The van der Waals surface area contributed by atoms with Gasteiger partial charge in [0, 0.05) is 26.1 Å². The Labute approximate surface area is 184 Å². The highest BCUT2D eigenvalue weighted by Crippen LogP contribution is 2.39. The first kappa shape index (κ1) is 22.7. The Hall–Kier alpha value is -3.02. The largest absolute Gasteiger partial charge is 0.490 e. The highest BCUT2D eigenvalue weighted by Gasteiger charge is 2.20. The van der Waals surface area contributed by atoms with Crippen molar-refractivity contribution in [3.8, 4) is 16.9 Å². The average Bonchev–Trinajstić information content (AvgIpc) is 2.77. The maximum absolute atomic E-state index is 12.5. The molecular weight excluding hydrogens is 392 g/mol. The Balaban J connectivity index is 2.00. The van der Waals surface area contributed by atoms with E-state index in [-0.39, 0.29) is 12.5 Å². The van der Waals surface area contributed by atoms with Crippen LogP contribution in [0.5, 0.6) is 5.75 Å². The van der Waals surface area contributed by atoms with Gasteiger partial charge in [0.2, 0.25) is 0 Å². The number of nitrogens with one attached hydrogen (secondary N) is 1. The van der Waals surface area contributed by atoms with E-state index in [1.54, 1.807) is 14.1 Å². The molecule has 0 radical (unpaired) electrons. The highest BCUT2D eigenvalue weighted by atomic mass is 16.5. The third-order valence-electron chi connectivity index (χ3n) is 5.70. The minimum absolute atomic E-state index is 0.0254. The number of hydrogen-bond donors (Lipinski definition) is 2. The van der Waals surface area contributed by atoms with Crippen LogP contribution in [-0.2, 0) is 11.2 Å². The second kappa shape index (κ2) is 10.8. The Bertz CT molecular complexity index is 890. The molecule has 1 saturated carbocycles. The molecule has 0 aromatic heterocycles. The SMILES string of the molecule is CN(C)C(=O)Nc1cc(CCC(=O)O)cc(-c2ccccc2)c1OCC1CCCCC1. The van der Waals surface area contributed by atoms with Crippen molar-refractivity contribution >= 4 is 17.7 Å². The van der Waals surface area contributed by atoms with Crippen molar-refractivity contribution in [3.05, 3.63) is 48.0 Å². The smallest absolute Gasteiger partial charge is 0.321 e. The van der Waals surface area contributed by atoms with E-state index >= 15 is 0 Å². The lowest BCUT2D eigenvalue weighted by molar-refractivity contribution is -0.136. The number of carbonyl (C=O) groups excluding carboxylic acids is 1. The van der Waals surface area contributed by atoms with Gasteiger partial charge in [0.25, 0.3) is 0 Å². The van der Waals surface area contributed by atoms with Crippen LogP contribution >= 0.6 is 0 Å². The van der Waals surface area contributed by atoms with Crippen molar-refractivity contribution in [2.45, 2.75) is 44.9 Å². The number of ether oxygens (including phenoxy) is 1. The lowest BCUT2D eigenvalue weighted by Gasteiger charge is -2.25. The molecule has 1 aliphatic rings. The molecule has 166 valence electrons. The molecule has 6 nitrogen and oxygen atoms in total. The standard InChI is InChI=1S/C25H32N2O4/c1-27(2)25(30)26-22-16-19(13-14-23(28)29)15-21(20-11-7-4-8-12-20)24(22)31-17-18-9-5-3-6-10-18/h4,7-8,11-12,15-16,18H,3,5-6,9-10,13-14,17H2,1-2H3,(H,26,30)(H,28,29). The predicted octanol–water partition coefficient (Wildman–Crippen LogP) is 5.42. The van der Waals surface area contributed by atoms with Gasteiger partial charge in [-0.3, -0.25) is 4.79 Å². The Morgan fingerprint density at radius 1 is 1.10 bits per heavy atom. The molecule has 6 heteroatoms. The van der Waals surface area contributed by atoms with E-state index in [1.807, 2.05) is 42.5 Å². The number of aliphatic carboxylic acids is 1. The molecule has 2 aromatic rings. The molecule has 0 spiro atoms. The van der Waals surface area contributed by atoms with Gasteiger partial charge < -0.3 is 20.1 Å². The van der Waals surface area contributed by atoms with Crippen LogP contribution in [-0.4, -0.2) is 42.7 Å². The molecule has 0 atom stereocenters. The predicted molar refractivity (Wildman–Crippen MR) is 123 cm³/mol. The summed E-state index contributed by atoms with van der Waals surface area (Å²) in [6, 6.07) is 13.5. The van der Waals surface area contributed by atoms with Gasteiger partial charge in [-0.25, -0.2) is 4.79 Å². The zero-order chi connectivity index (χ0) is 22.2. The summed E-state index contributed by atoms with van der Waals surface area (Å²) in [5, 5.41) is 12.1. The summed E-state index contributed by atoms with van der Waals surface area (Å²) < 4.78 is 6.37. The van der Waals surface area contributed by atoms with Crippen LogP contribution in [0, 0.1) is 5.92 Å². The summed E-state index contributed by atoms with van der Waals surface area (Å²) in [5.74, 6) is 0.310. The van der Waals surface area contributed by atoms with Crippen LogP contribution in [0.2, 0.25) is 0 Å². The fourth-order valence-electron chi connectivity index (χ4n) is 3.95.